The number of hydrogen-bond donors (Lipinski definition) is 3. The van der Waals surface area contributed by atoms with Gasteiger partial charge in [0.2, 0.25) is 0 Å². The van der Waals surface area contributed by atoms with Crippen LogP contribution in [0, 0.1) is 0 Å². The number of nitrogen functional groups attached to an aromatic ring is 1. The van der Waals surface area contributed by atoms with E-state index in [0.29, 0.717) is 11.4 Å². The Morgan fingerprint density at radius 2 is 2.00 bits per heavy atom. The summed E-state index contributed by atoms with van der Waals surface area (Å²) in [6.07, 6.45) is -1.04. The van der Waals surface area contributed by atoms with Gasteiger partial charge in [-0.3, -0.25) is 4.79 Å². The number of thioether (sulfide) groups is 1. The average Bonchev–Trinajstić information content (AvgIpc) is 2.16. The molecule has 0 saturated carbocycles. The van der Waals surface area contributed by atoms with Gasteiger partial charge in [-0.25, -0.2) is 0 Å². The molecule has 1 aromatic rings. The highest BCUT2D eigenvalue weighted by atomic mass is 32.2. The van der Waals surface area contributed by atoms with E-state index in [0.717, 1.165) is 4.90 Å². The zero-order valence-corrected chi connectivity index (χ0v) is 8.91. The number of hydrogen-bond acceptors (Lipinski definition) is 4. The minimum atomic E-state index is -0.986. The topological polar surface area (TPSA) is 83.5 Å². The Bertz CT molecular complexity index is 326. The molecule has 0 fully saturated rings. The summed E-state index contributed by atoms with van der Waals surface area (Å²) >= 11 is 1.41. The van der Waals surface area contributed by atoms with Crippen molar-refractivity contribution < 1.29 is 15.0 Å². The van der Waals surface area contributed by atoms with E-state index in [2.05, 4.69) is 0 Å². The van der Waals surface area contributed by atoms with Gasteiger partial charge in [-0.1, -0.05) is 0 Å². The van der Waals surface area contributed by atoms with Crippen molar-refractivity contribution >= 4 is 23.4 Å². The van der Waals surface area contributed by atoms with Gasteiger partial charge >= 0.3 is 5.97 Å². The van der Waals surface area contributed by atoms with E-state index in [1.807, 2.05) is 12.1 Å². The molecule has 0 saturated heterocycles. The first-order chi connectivity index (χ1) is 7.08. The largest absolute Gasteiger partial charge is 0.481 e. The molecular weight excluding hydrogens is 214 g/mol. The van der Waals surface area contributed by atoms with Crippen molar-refractivity contribution in [1.29, 1.82) is 0 Å². The van der Waals surface area contributed by atoms with Gasteiger partial charge in [0.05, 0.1) is 12.5 Å². The molecule has 15 heavy (non-hydrogen) atoms. The minimum Gasteiger partial charge on any atom is -0.481 e. The summed E-state index contributed by atoms with van der Waals surface area (Å²) in [5, 5.41) is 17.7. The van der Waals surface area contributed by atoms with Crippen molar-refractivity contribution in [3.05, 3.63) is 24.3 Å². The molecule has 0 bridgehead atoms. The van der Waals surface area contributed by atoms with Crippen molar-refractivity contribution in [3.63, 3.8) is 0 Å². The van der Waals surface area contributed by atoms with Crippen LogP contribution in [0.3, 0.4) is 0 Å². The van der Waals surface area contributed by atoms with Gasteiger partial charge in [0.1, 0.15) is 0 Å². The van der Waals surface area contributed by atoms with Crippen LogP contribution < -0.4 is 5.73 Å². The number of nitrogens with two attached hydrogens (primary N) is 1. The number of carboxylic acid groups (broad SMARTS) is 1. The van der Waals surface area contributed by atoms with Crippen LogP contribution in [0.15, 0.2) is 29.2 Å². The molecule has 4 nitrogen and oxygen atoms in total. The first-order valence-electron chi connectivity index (χ1n) is 4.46. The highest BCUT2D eigenvalue weighted by Gasteiger charge is 2.09. The summed E-state index contributed by atoms with van der Waals surface area (Å²) < 4.78 is 0. The third-order valence-corrected chi connectivity index (χ3v) is 2.89. The van der Waals surface area contributed by atoms with Crippen molar-refractivity contribution in [3.8, 4) is 0 Å². The number of rotatable bonds is 5. The molecule has 1 rings (SSSR count). The summed E-state index contributed by atoms with van der Waals surface area (Å²) in [4.78, 5) is 11.2. The van der Waals surface area contributed by atoms with E-state index in [4.69, 9.17) is 10.8 Å². The number of carbonyl (C=O) groups is 1. The van der Waals surface area contributed by atoms with Crippen LogP contribution in [0.2, 0.25) is 0 Å². The minimum absolute atomic E-state index is 0.220. The maximum atomic E-state index is 10.3. The summed E-state index contributed by atoms with van der Waals surface area (Å²) in [5.74, 6) is -0.614. The van der Waals surface area contributed by atoms with E-state index >= 15 is 0 Å². The van der Waals surface area contributed by atoms with Crippen molar-refractivity contribution in [2.24, 2.45) is 0 Å². The van der Waals surface area contributed by atoms with Crippen LogP contribution in [0.1, 0.15) is 6.42 Å². The smallest absolute Gasteiger partial charge is 0.306 e. The molecule has 4 N–H and O–H groups in total. The molecule has 0 radical (unpaired) electrons. The van der Waals surface area contributed by atoms with Crippen LogP contribution >= 0.6 is 11.8 Å². The number of aliphatic carboxylic acids is 1. The highest BCUT2D eigenvalue weighted by Crippen LogP contribution is 2.20. The van der Waals surface area contributed by atoms with E-state index in [1.165, 1.54) is 11.8 Å². The molecule has 0 aromatic heterocycles. The third-order valence-electron chi connectivity index (χ3n) is 1.73. The van der Waals surface area contributed by atoms with Crippen LogP contribution in [0.4, 0.5) is 5.69 Å². The van der Waals surface area contributed by atoms with Crippen LogP contribution in [-0.2, 0) is 4.79 Å². The van der Waals surface area contributed by atoms with Crippen LogP contribution in [0.5, 0.6) is 0 Å². The fourth-order valence-corrected chi connectivity index (χ4v) is 1.85. The fraction of sp³-hybridized carbons (Fsp3) is 0.300. The Balaban J connectivity index is 2.36. The molecule has 1 aromatic carbocycles. The second-order valence-corrected chi connectivity index (χ2v) is 4.23. The SMILES string of the molecule is Nc1ccc(SCC(O)CC(=O)O)cc1. The standard InChI is InChI=1S/C10H13NO3S/c11-7-1-3-9(4-2-7)15-6-8(12)5-10(13)14/h1-4,8,12H,5-6,11H2,(H,13,14). The molecule has 0 aliphatic carbocycles. The zero-order chi connectivity index (χ0) is 11.3. The number of aliphatic hydroxyl groups excluding tert-OH is 1. The molecule has 0 aliphatic heterocycles. The lowest BCUT2D eigenvalue weighted by Crippen LogP contribution is -2.15. The van der Waals surface area contributed by atoms with Crippen LogP contribution in [-0.4, -0.2) is 28.0 Å². The lowest BCUT2D eigenvalue weighted by Gasteiger charge is -2.07. The van der Waals surface area contributed by atoms with Gasteiger partial charge in [0.25, 0.3) is 0 Å². The highest BCUT2D eigenvalue weighted by molar-refractivity contribution is 7.99. The monoisotopic (exact) mass is 227 g/mol. The second kappa shape index (κ2) is 5.63. The maximum Gasteiger partial charge on any atom is 0.306 e. The Kier molecular flexibility index (Phi) is 4.45. The molecule has 0 amide bonds. The second-order valence-electron chi connectivity index (χ2n) is 3.13. The fourth-order valence-electron chi connectivity index (χ4n) is 1.02. The quantitative estimate of drug-likeness (QED) is 0.520. The van der Waals surface area contributed by atoms with Crippen molar-refractivity contribution in [1.82, 2.24) is 0 Å². The van der Waals surface area contributed by atoms with Crippen molar-refractivity contribution in [2.75, 3.05) is 11.5 Å². The summed E-state index contributed by atoms with van der Waals surface area (Å²) in [6, 6.07) is 7.22. The molecule has 82 valence electrons. The average molecular weight is 227 g/mol. The van der Waals surface area contributed by atoms with E-state index in [-0.39, 0.29) is 6.42 Å². The van der Waals surface area contributed by atoms with Gasteiger partial charge in [-0.05, 0) is 24.3 Å². The number of anilines is 1. The first kappa shape index (κ1) is 11.9. The Labute approximate surface area is 92.1 Å². The molecule has 1 atom stereocenters. The number of benzene rings is 1. The molecule has 5 heteroatoms. The lowest BCUT2D eigenvalue weighted by atomic mass is 10.3. The lowest BCUT2D eigenvalue weighted by molar-refractivity contribution is -0.138. The van der Waals surface area contributed by atoms with E-state index in [1.54, 1.807) is 12.1 Å². The third kappa shape index (κ3) is 4.71. The molecule has 0 spiro atoms. The molecular formula is C10H13NO3S. The van der Waals surface area contributed by atoms with Crippen molar-refractivity contribution in [2.45, 2.75) is 17.4 Å². The van der Waals surface area contributed by atoms with Gasteiger partial charge in [0, 0.05) is 16.3 Å². The van der Waals surface area contributed by atoms with Gasteiger partial charge in [0.15, 0.2) is 0 Å². The Morgan fingerprint density at radius 3 is 2.53 bits per heavy atom. The summed E-state index contributed by atoms with van der Waals surface area (Å²) in [5.41, 5.74) is 6.20. The van der Waals surface area contributed by atoms with Crippen LogP contribution in [0.25, 0.3) is 0 Å². The predicted octanol–water partition coefficient (Wildman–Crippen LogP) is 1.20. The van der Waals surface area contributed by atoms with E-state index in [9.17, 15) is 9.90 Å². The molecule has 1 unspecified atom stereocenters. The normalized spacial score (nSPS) is 12.3. The Morgan fingerprint density at radius 1 is 1.40 bits per heavy atom. The van der Waals surface area contributed by atoms with E-state index < -0.39 is 12.1 Å². The van der Waals surface area contributed by atoms with Gasteiger partial charge in [-0.15, -0.1) is 11.8 Å². The first-order valence-corrected chi connectivity index (χ1v) is 5.44. The summed E-state index contributed by atoms with van der Waals surface area (Å²) in [6.45, 7) is 0. The van der Waals surface area contributed by atoms with Gasteiger partial charge < -0.3 is 15.9 Å². The predicted molar refractivity (Wildman–Crippen MR) is 59.8 cm³/mol. The maximum absolute atomic E-state index is 10.3. The molecule has 0 aliphatic rings. The number of aliphatic hydroxyl groups is 1. The van der Waals surface area contributed by atoms with Gasteiger partial charge in [-0.2, -0.15) is 0 Å². The Hall–Kier alpha value is -1.20. The summed E-state index contributed by atoms with van der Waals surface area (Å²) in [7, 11) is 0. The molecule has 0 heterocycles. The number of carboxylic acids is 1. The zero-order valence-electron chi connectivity index (χ0n) is 8.09.